The summed E-state index contributed by atoms with van der Waals surface area (Å²) < 4.78 is 36.6. The van der Waals surface area contributed by atoms with Crippen molar-refractivity contribution in [1.29, 1.82) is 0 Å². The number of methoxy groups -OCH3 is 1. The van der Waals surface area contributed by atoms with Gasteiger partial charge in [-0.15, -0.1) is 0 Å². The average Bonchev–Trinajstić information content (AvgIpc) is 4.15. The van der Waals surface area contributed by atoms with Gasteiger partial charge >= 0.3 is 11.9 Å². The molecule has 17 heteroatoms. The van der Waals surface area contributed by atoms with Gasteiger partial charge < -0.3 is 38.1 Å². The van der Waals surface area contributed by atoms with Crippen LogP contribution in [0, 0.1) is 23.0 Å². The SMILES string of the molecule is COC(=O)/C=[N+](\[O-])Cc1cccc(Br)c1OCC1CC1.C[C@@H]1OC(=O)[C@@H]2[C@H]1[C@H](CO[Si](C)(C)C(C)(C)C)ON2Cc1cccc(Br)c1OCC1CC1.C[C@H](O)/C=C\CO[Si](C)(C)C(C)(C)C. The van der Waals surface area contributed by atoms with Crippen molar-refractivity contribution in [3.05, 3.63) is 73.8 Å². The minimum absolute atomic E-state index is 0.0362. The summed E-state index contributed by atoms with van der Waals surface area (Å²) in [5.74, 6) is 1.85. The van der Waals surface area contributed by atoms with Crippen LogP contribution in [-0.4, -0.2) is 108 Å². The van der Waals surface area contributed by atoms with E-state index in [0.717, 1.165) is 38.6 Å². The second-order valence-corrected chi connectivity index (χ2v) is 32.2. The number of hydrogen-bond acceptors (Lipinski definition) is 12. The maximum absolute atomic E-state index is 12.7. The molecular formula is C49H76Br2N2O11Si2. The zero-order valence-corrected chi connectivity index (χ0v) is 46.7. The van der Waals surface area contributed by atoms with Gasteiger partial charge in [-0.1, -0.05) is 71.9 Å². The van der Waals surface area contributed by atoms with E-state index in [-0.39, 0.29) is 46.8 Å². The first kappa shape index (κ1) is 56.0. The average molecular weight is 1090 g/mol. The predicted octanol–water partition coefficient (Wildman–Crippen LogP) is 10.7. The Morgan fingerprint density at radius 2 is 1.41 bits per heavy atom. The number of hydrogen-bond donors (Lipinski definition) is 1. The molecule has 2 aromatic rings. The van der Waals surface area contributed by atoms with Gasteiger partial charge in [0.25, 0.3) is 6.21 Å². The van der Waals surface area contributed by atoms with E-state index in [2.05, 4.69) is 104 Å². The largest absolute Gasteiger partial charge is 0.623 e. The Morgan fingerprint density at radius 3 is 1.91 bits per heavy atom. The van der Waals surface area contributed by atoms with Crippen LogP contribution in [0.5, 0.6) is 11.5 Å². The number of cyclic esters (lactones) is 1. The van der Waals surface area contributed by atoms with E-state index in [4.69, 9.17) is 33.0 Å². The third-order valence-electron chi connectivity index (χ3n) is 13.2. The van der Waals surface area contributed by atoms with Crippen molar-refractivity contribution < 1.29 is 52.1 Å². The molecule has 0 amide bonds. The first-order valence-corrected chi connectivity index (χ1v) is 30.6. The van der Waals surface area contributed by atoms with Crippen molar-refractivity contribution in [2.24, 2.45) is 17.8 Å². The Bertz CT molecular complexity index is 1980. The molecule has 0 unspecified atom stereocenters. The van der Waals surface area contributed by atoms with Crippen LogP contribution in [0.1, 0.15) is 92.2 Å². The fourth-order valence-corrected chi connectivity index (χ4v) is 9.59. The molecule has 370 valence electrons. The zero-order chi connectivity index (χ0) is 49.2. The van der Waals surface area contributed by atoms with Crippen LogP contribution in [0.4, 0.5) is 0 Å². The Kier molecular flexibility index (Phi) is 20.6. The standard InChI is InChI=1S/C24H36BrNO5Si.C14H16BrNO4.C11H24O2Si/c1-15-20-19(14-29-32(5,6)24(2,3)4)31-26(21(20)23(27)30-15)12-17-8-7-9-18(25)22(17)28-13-16-10-11-16;1-19-13(17)8-16(18)7-11-3-2-4-12(15)14(11)20-9-10-5-6-10;1-10(12)8-7-9-13-14(5,6)11(2,3)4/h7-9,15-16,19-21H,10-14H2,1-6H3;2-4,8,10H,5-7,9H2,1H3;7-8,10,12H,9H2,1-6H3/b;16-8-;8-7-/t15-,19-,20+,21-;;10-/m0.0/s1. The predicted molar refractivity (Wildman–Crippen MR) is 271 cm³/mol. The molecule has 2 saturated carbocycles. The molecule has 4 fully saturated rings. The van der Waals surface area contributed by atoms with E-state index in [1.807, 2.05) is 49.4 Å². The van der Waals surface area contributed by atoms with Crippen LogP contribution >= 0.6 is 31.9 Å². The lowest BCUT2D eigenvalue weighted by Gasteiger charge is -2.37. The van der Waals surface area contributed by atoms with Gasteiger partial charge in [0.1, 0.15) is 29.7 Å². The Labute approximate surface area is 413 Å². The highest BCUT2D eigenvalue weighted by Gasteiger charge is 2.57. The number of halogens is 2. The number of rotatable bonds is 18. The van der Waals surface area contributed by atoms with Crippen molar-refractivity contribution >= 4 is 66.6 Å². The molecule has 0 spiro atoms. The van der Waals surface area contributed by atoms with Crippen LogP contribution in [-0.2, 0) is 45.8 Å². The molecule has 13 nitrogen and oxygen atoms in total. The Morgan fingerprint density at radius 1 is 0.894 bits per heavy atom. The second kappa shape index (κ2) is 24.3. The minimum atomic E-state index is -1.93. The highest BCUT2D eigenvalue weighted by Crippen LogP contribution is 2.43. The number of benzene rings is 2. The molecular weight excluding hydrogens is 1010 g/mol. The van der Waals surface area contributed by atoms with Gasteiger partial charge in [0.15, 0.2) is 23.2 Å². The number of carbonyl (C=O) groups is 2. The third kappa shape index (κ3) is 16.8. The van der Waals surface area contributed by atoms with Crippen molar-refractivity contribution in [1.82, 2.24) is 5.06 Å². The van der Waals surface area contributed by atoms with Gasteiger partial charge in [-0.2, -0.15) is 5.06 Å². The molecule has 2 aliphatic heterocycles. The lowest BCUT2D eigenvalue weighted by atomic mass is 9.93. The molecule has 2 aliphatic carbocycles. The highest BCUT2D eigenvalue weighted by molar-refractivity contribution is 9.11. The fourth-order valence-electron chi connectivity index (χ4n) is 6.58. The van der Waals surface area contributed by atoms with E-state index in [1.165, 1.54) is 32.8 Å². The van der Waals surface area contributed by atoms with Crippen LogP contribution in [0.2, 0.25) is 36.3 Å². The number of carbonyl (C=O) groups excluding carboxylic acids is 2. The molecule has 0 aromatic heterocycles. The van der Waals surface area contributed by atoms with Gasteiger partial charge in [0.05, 0.1) is 66.6 Å². The fraction of sp³-hybridized carbons (Fsp3) is 0.653. The van der Waals surface area contributed by atoms with E-state index in [9.17, 15) is 14.8 Å². The van der Waals surface area contributed by atoms with Crippen molar-refractivity contribution in [3.63, 3.8) is 0 Å². The lowest BCUT2D eigenvalue weighted by Crippen LogP contribution is -2.44. The summed E-state index contributed by atoms with van der Waals surface area (Å²) in [5.41, 5.74) is 1.73. The first-order valence-electron chi connectivity index (χ1n) is 23.2. The maximum Gasteiger partial charge on any atom is 0.396 e. The van der Waals surface area contributed by atoms with E-state index in [1.54, 1.807) is 18.1 Å². The molecule has 6 rings (SSSR count). The van der Waals surface area contributed by atoms with Gasteiger partial charge in [-0.25, -0.2) is 9.53 Å². The summed E-state index contributed by atoms with van der Waals surface area (Å²) in [5, 5.41) is 22.9. The van der Waals surface area contributed by atoms with Crippen LogP contribution in [0.3, 0.4) is 0 Å². The van der Waals surface area contributed by atoms with Gasteiger partial charge in [-0.05, 0) is 138 Å². The highest BCUT2D eigenvalue weighted by atomic mass is 79.9. The first-order chi connectivity index (χ1) is 30.7. The normalized spacial score (nSPS) is 21.9. The summed E-state index contributed by atoms with van der Waals surface area (Å²) in [6.45, 7) is 28.9. The monoisotopic (exact) mass is 1080 g/mol. The number of para-hydroxylation sites is 2. The lowest BCUT2D eigenvalue weighted by molar-refractivity contribution is -0.469. The van der Waals surface area contributed by atoms with Crippen LogP contribution in [0.15, 0.2) is 57.5 Å². The van der Waals surface area contributed by atoms with Crippen molar-refractivity contribution in [2.45, 2.75) is 155 Å². The molecule has 2 heterocycles. The molecule has 1 N–H and O–H groups in total. The molecule has 0 radical (unpaired) electrons. The number of hydroxylamine groups is 3. The summed E-state index contributed by atoms with van der Waals surface area (Å²) in [7, 11) is -2.31. The van der Waals surface area contributed by atoms with E-state index in [0.29, 0.717) is 48.7 Å². The summed E-state index contributed by atoms with van der Waals surface area (Å²) >= 11 is 7.06. The number of fused-ring (bicyclic) bond motifs is 1. The Balaban J connectivity index is 0.000000240. The minimum Gasteiger partial charge on any atom is -0.623 e. The summed E-state index contributed by atoms with van der Waals surface area (Å²) in [4.78, 5) is 30.1. The quantitative estimate of drug-likeness (QED) is 0.0288. The summed E-state index contributed by atoms with van der Waals surface area (Å²) in [6.07, 6.45) is 8.61. The Hall–Kier alpha value is -2.62. The summed E-state index contributed by atoms with van der Waals surface area (Å²) in [6, 6.07) is 11.1. The number of nitrogens with zero attached hydrogens (tertiary/aromatic N) is 2. The molecule has 66 heavy (non-hydrogen) atoms. The molecule has 4 aliphatic rings. The van der Waals surface area contributed by atoms with E-state index < -0.39 is 28.6 Å². The van der Waals surface area contributed by atoms with Crippen LogP contribution < -0.4 is 9.47 Å². The topological polar surface area (TPSA) is 148 Å². The molecule has 0 bridgehead atoms. The molecule has 2 saturated heterocycles. The van der Waals surface area contributed by atoms with Crippen molar-refractivity contribution in [3.8, 4) is 11.5 Å². The van der Waals surface area contributed by atoms with Gasteiger partial charge in [0, 0.05) is 5.56 Å². The van der Waals surface area contributed by atoms with Gasteiger partial charge in [-0.3, -0.25) is 9.63 Å². The van der Waals surface area contributed by atoms with Crippen LogP contribution in [0.25, 0.3) is 0 Å². The number of aliphatic hydroxyl groups is 1. The number of ether oxygens (including phenoxy) is 4. The van der Waals surface area contributed by atoms with Gasteiger partial charge in [0.2, 0.25) is 0 Å². The van der Waals surface area contributed by atoms with E-state index >= 15 is 0 Å². The molecule has 2 aromatic carbocycles. The second-order valence-electron chi connectivity index (χ2n) is 20.9. The number of esters is 2. The third-order valence-corrected chi connectivity index (χ3v) is 23.4. The maximum atomic E-state index is 12.7. The smallest absolute Gasteiger partial charge is 0.396 e. The number of aliphatic hydroxyl groups excluding tert-OH is 1. The zero-order valence-electron chi connectivity index (χ0n) is 41.5. The van der Waals surface area contributed by atoms with Crippen molar-refractivity contribution in [2.75, 3.05) is 33.5 Å². The molecule has 5 atom stereocenters.